The van der Waals surface area contributed by atoms with E-state index in [0.29, 0.717) is 0 Å². The van der Waals surface area contributed by atoms with Crippen LogP contribution in [0.25, 0.3) is 0 Å². The summed E-state index contributed by atoms with van der Waals surface area (Å²) in [6.07, 6.45) is 34.9. The van der Waals surface area contributed by atoms with Crippen LogP contribution in [0.2, 0.25) is 0 Å². The van der Waals surface area contributed by atoms with E-state index in [1.807, 2.05) is 0 Å². The van der Waals surface area contributed by atoms with E-state index in [4.69, 9.17) is 0 Å². The summed E-state index contributed by atoms with van der Waals surface area (Å²) in [5.74, 6) is 3.22. The summed E-state index contributed by atoms with van der Waals surface area (Å²) in [4.78, 5) is 5.17. The zero-order valence-corrected chi connectivity index (χ0v) is 60.0. The summed E-state index contributed by atoms with van der Waals surface area (Å²) in [6.45, 7) is 54.4. The predicted octanol–water partition coefficient (Wildman–Crippen LogP) is 17.1. The second-order valence-corrected chi connectivity index (χ2v) is 31.4. The average molecular weight is 1210 g/mol. The highest BCUT2D eigenvalue weighted by Gasteiger charge is 2.44. The third-order valence-electron chi connectivity index (χ3n) is 22.7. The van der Waals surface area contributed by atoms with Crippen LogP contribution in [0.4, 0.5) is 0 Å². The van der Waals surface area contributed by atoms with E-state index >= 15 is 0 Å². The Bertz CT molecular complexity index is 1440. The molecule has 0 aromatic carbocycles. The van der Waals surface area contributed by atoms with Crippen molar-refractivity contribution in [1.82, 2.24) is 9.80 Å². The lowest BCUT2D eigenvalue weighted by atomic mass is 9.77. The van der Waals surface area contributed by atoms with Gasteiger partial charge in [0.2, 0.25) is 0 Å². The molecule has 7 atom stereocenters. The Morgan fingerprint density at radius 3 is 0.788 bits per heavy atom. The summed E-state index contributed by atoms with van der Waals surface area (Å²) in [6, 6.07) is 3.03. The lowest BCUT2D eigenvalue weighted by Crippen LogP contribution is -2.67. The number of hydrogen-bond acceptors (Lipinski definition) is 2. The van der Waals surface area contributed by atoms with Gasteiger partial charge >= 0.3 is 0 Å². The van der Waals surface area contributed by atoms with Crippen LogP contribution in [0.5, 0.6) is 0 Å². The van der Waals surface area contributed by atoms with Gasteiger partial charge in [0, 0.05) is 69.9 Å². The third-order valence-corrected chi connectivity index (χ3v) is 22.7. The van der Waals surface area contributed by atoms with E-state index in [-0.39, 0.29) is 29.7 Å². The number of rotatable bonds is 3. The summed E-state index contributed by atoms with van der Waals surface area (Å²) in [5, 5.41) is 0. The van der Waals surface area contributed by atoms with Crippen molar-refractivity contribution in [2.45, 2.75) is 278 Å². The van der Waals surface area contributed by atoms with Crippen molar-refractivity contribution >= 4 is 0 Å². The monoisotopic (exact) mass is 1210 g/mol. The number of fused-ring (bicyclic) bond motifs is 9. The predicted molar refractivity (Wildman–Crippen MR) is 388 cm³/mol. The Morgan fingerprint density at radius 2 is 0.565 bits per heavy atom. The number of quaternary nitrogens is 7. The van der Waals surface area contributed by atoms with E-state index in [0.717, 1.165) is 35.9 Å². The number of hydrogen-bond donors (Lipinski definition) is 0. The first-order chi connectivity index (χ1) is 38.4. The fraction of sp³-hybridized carbons (Fsp3) is 1.00. The van der Waals surface area contributed by atoms with E-state index in [2.05, 4.69) is 149 Å². The van der Waals surface area contributed by atoms with Crippen molar-refractivity contribution in [3.05, 3.63) is 0 Å². The van der Waals surface area contributed by atoms with Crippen LogP contribution in [0.3, 0.4) is 0 Å². The van der Waals surface area contributed by atoms with Gasteiger partial charge in [-0.3, -0.25) is 9.80 Å². The van der Waals surface area contributed by atoms with Crippen LogP contribution in [-0.4, -0.2) is 267 Å². The van der Waals surface area contributed by atoms with Gasteiger partial charge in [0.1, 0.15) is 0 Å². The van der Waals surface area contributed by atoms with Crippen LogP contribution < -0.4 is 0 Å². The van der Waals surface area contributed by atoms with Crippen LogP contribution >= 0.6 is 0 Å². The fourth-order valence-electron chi connectivity index (χ4n) is 16.2. The van der Waals surface area contributed by atoms with Crippen molar-refractivity contribution in [3.8, 4) is 0 Å². The molecule has 14 rings (SSSR count). The number of piperazine rings is 6. The van der Waals surface area contributed by atoms with Gasteiger partial charge < -0.3 is 31.4 Å². The Morgan fingerprint density at radius 1 is 0.282 bits per heavy atom. The second kappa shape index (κ2) is 45.8. The Hall–Kier alpha value is -0.360. The molecule has 7 unspecified atom stereocenters. The second-order valence-electron chi connectivity index (χ2n) is 31.4. The van der Waals surface area contributed by atoms with Gasteiger partial charge in [0.15, 0.2) is 0 Å². The number of piperidine rings is 3. The molecule has 4 bridgehead atoms. The van der Waals surface area contributed by atoms with Crippen LogP contribution in [0.1, 0.15) is 260 Å². The van der Waals surface area contributed by atoms with Crippen LogP contribution in [0, 0.1) is 17.8 Å². The maximum Gasteiger partial charge on any atom is 0.0916 e. The van der Waals surface area contributed by atoms with Crippen molar-refractivity contribution in [3.63, 3.8) is 0 Å². The minimum Gasteiger partial charge on any atom is -0.328 e. The molecule has 0 aromatic heterocycles. The number of likely N-dealkylation sites (tertiary alicyclic amines) is 5. The highest BCUT2D eigenvalue weighted by molar-refractivity contribution is 4.82. The topological polar surface area (TPSA) is 6.48 Å². The van der Waals surface area contributed by atoms with Crippen molar-refractivity contribution in [1.29, 1.82) is 0 Å². The molecule has 11 aliphatic heterocycles. The molecule has 11 heterocycles. The molecular formula is C76H174N9+7. The fourth-order valence-corrected chi connectivity index (χ4v) is 16.2. The summed E-state index contributed by atoms with van der Waals surface area (Å²) >= 11 is 0. The lowest BCUT2D eigenvalue weighted by molar-refractivity contribution is -0.944. The van der Waals surface area contributed by atoms with Gasteiger partial charge in [0.05, 0.1) is 186 Å². The average Bonchev–Trinajstić information content (AvgIpc) is 3.63. The minimum absolute atomic E-state index is 0. The lowest BCUT2D eigenvalue weighted by Gasteiger charge is -2.50. The molecule has 0 spiro atoms. The first-order valence-electron chi connectivity index (χ1n) is 36.7. The molecular weight excluding hydrogens is 1040 g/mol. The Labute approximate surface area is 541 Å². The summed E-state index contributed by atoms with van der Waals surface area (Å²) in [5.41, 5.74) is 0. The van der Waals surface area contributed by atoms with Crippen LogP contribution in [-0.2, 0) is 0 Å². The molecule has 0 radical (unpaired) electrons. The maximum absolute atomic E-state index is 2.59. The Kier molecular flexibility index (Phi) is 47.9. The molecule has 3 aliphatic carbocycles. The zero-order valence-electron chi connectivity index (χ0n) is 60.0. The number of nitrogens with zero attached hydrogens (tertiary/aromatic N) is 9. The van der Waals surface area contributed by atoms with E-state index < -0.39 is 0 Å². The minimum atomic E-state index is 0. The summed E-state index contributed by atoms with van der Waals surface area (Å²) in [7, 11) is 21.5. The molecule has 14 fully saturated rings. The molecule has 14 aliphatic rings. The SMILES string of the molecule is C.C.C.C.CCC.CCC.CCC.CCC.CC[N+]1(C)CCC1.CC[N+]1(C)CCCC2CCCCC21.CC[N+]12CCN(CC1)CC2.C[N+]1(C)CCC1.C[N+]1(C)CCCC2CCCCC21.C[N+]1(C)CCCC2CCCCC21.C[N+]12CCN(CC1)CC2. The molecule has 516 valence electrons. The summed E-state index contributed by atoms with van der Waals surface area (Å²) < 4.78 is 9.33. The van der Waals surface area contributed by atoms with Gasteiger partial charge in [-0.1, -0.05) is 130 Å². The molecule has 0 amide bonds. The van der Waals surface area contributed by atoms with Crippen molar-refractivity contribution in [2.75, 3.05) is 207 Å². The molecule has 3 saturated carbocycles. The van der Waals surface area contributed by atoms with E-state index in [1.54, 1.807) is 0 Å². The molecule has 0 aromatic rings. The highest BCUT2D eigenvalue weighted by atomic mass is 15.5. The van der Waals surface area contributed by atoms with Crippen molar-refractivity contribution in [2.24, 2.45) is 17.8 Å². The van der Waals surface area contributed by atoms with Gasteiger partial charge in [-0.2, -0.15) is 0 Å². The molecule has 9 heteroatoms. The van der Waals surface area contributed by atoms with Gasteiger partial charge in [-0.25, -0.2) is 0 Å². The molecule has 0 N–H and O–H groups in total. The first kappa shape index (κ1) is 88.8. The van der Waals surface area contributed by atoms with E-state index in [1.165, 1.54) is 329 Å². The van der Waals surface area contributed by atoms with Gasteiger partial charge in [0.25, 0.3) is 0 Å². The maximum atomic E-state index is 2.59. The van der Waals surface area contributed by atoms with Gasteiger partial charge in [-0.15, -0.1) is 0 Å². The quantitative estimate of drug-likeness (QED) is 0.260. The largest absolute Gasteiger partial charge is 0.328 e. The molecule has 11 saturated heterocycles. The highest BCUT2D eigenvalue weighted by Crippen LogP contribution is 2.40. The standard InChI is InChI=1S/C12H24N.2C11H22N.C8H17N2.C7H15N2.C6H14N.C5H12N.4C3H8.4CH4/c1-3-13(2)10-6-8-11-7-4-5-9-12(11)13;2*1-12(2)9-5-7-10-6-3-4-8-11(10)12;1-2-10-6-3-9(4-7-10)5-8-10;1-9-5-2-8(3-6-9)4-7-9;1-3-7(2)5-4-6-7;1-6(2)4-3-5-6;4*1-3-2;;;;/h11-12H,3-10H2,1-2H3;2*10-11H,3-9H2,1-2H3;2-8H2,1H3;2-7H2,1H3;3-6H2,1-2H3;3-5H2,1-2H3;4*3H2,1-2H3;4*1H4/q7*+1;;;;;;;;. The third kappa shape index (κ3) is 31.7. The van der Waals surface area contributed by atoms with E-state index in [9.17, 15) is 0 Å². The molecule has 9 nitrogen and oxygen atoms in total. The van der Waals surface area contributed by atoms with Gasteiger partial charge in [-0.05, 0) is 117 Å². The smallest absolute Gasteiger partial charge is 0.0916 e. The number of likely N-dealkylation sites (N-methyl/N-ethyl adjacent to an activating group) is 2. The molecule has 85 heavy (non-hydrogen) atoms. The first-order valence-corrected chi connectivity index (χ1v) is 36.7. The van der Waals surface area contributed by atoms with Crippen LogP contribution in [0.15, 0.2) is 0 Å². The zero-order chi connectivity index (χ0) is 60.6. The van der Waals surface area contributed by atoms with Crippen molar-refractivity contribution < 1.29 is 31.4 Å². The Balaban J connectivity index is -0.000000896. The normalized spacial score (nSPS) is 34.2.